The molecule has 4 nitrogen and oxygen atoms in total. The molecule has 21 heavy (non-hydrogen) atoms. The Morgan fingerprint density at radius 2 is 1.86 bits per heavy atom. The van der Waals surface area contributed by atoms with Crippen LogP contribution in [0.25, 0.3) is 16.6 Å². The van der Waals surface area contributed by atoms with Crippen molar-refractivity contribution >= 4 is 26.6 Å². The lowest BCUT2D eigenvalue weighted by molar-refractivity contribution is 0.322. The highest BCUT2D eigenvalue weighted by molar-refractivity contribution is 7.10. The van der Waals surface area contributed by atoms with Crippen molar-refractivity contribution in [3.05, 3.63) is 59.8 Å². The number of hydrogen-bond acceptors (Lipinski definition) is 3. The second-order valence-electron chi connectivity index (χ2n) is 4.71. The zero-order valence-corrected chi connectivity index (χ0v) is 12.7. The average Bonchev–Trinajstić information content (AvgIpc) is 2.81. The fourth-order valence-electron chi connectivity index (χ4n) is 2.62. The molecule has 3 rings (SSSR count). The number of para-hydroxylation sites is 1. The fraction of sp³-hybridized carbons (Fsp3) is 0.0625. The van der Waals surface area contributed by atoms with Crippen LogP contribution in [0.2, 0.25) is 0 Å². The minimum Gasteiger partial charge on any atom is -0.480 e. The van der Waals surface area contributed by atoms with Crippen LogP contribution in [-0.2, 0) is 0 Å². The Bertz CT molecular complexity index is 807. The van der Waals surface area contributed by atoms with E-state index in [1.165, 1.54) is 6.21 Å². The molecule has 1 heterocycles. The van der Waals surface area contributed by atoms with Gasteiger partial charge in [-0.15, -0.1) is 0 Å². The predicted molar refractivity (Wildman–Crippen MR) is 87.7 cm³/mol. The molecule has 3 aromatic rings. The molecule has 0 spiro atoms. The average molecular weight is 298 g/mol. The van der Waals surface area contributed by atoms with Gasteiger partial charge in [-0.05, 0) is 37.3 Å². The smallest absolute Gasteiger partial charge is 0.122 e. The van der Waals surface area contributed by atoms with E-state index in [-0.39, 0.29) is 0 Å². The lowest BCUT2D eigenvalue weighted by Crippen LogP contribution is -1.97. The van der Waals surface area contributed by atoms with Crippen LogP contribution in [0.1, 0.15) is 11.3 Å². The molecule has 0 amide bonds. The van der Waals surface area contributed by atoms with Crippen molar-refractivity contribution in [3.63, 3.8) is 0 Å². The third-order valence-electron chi connectivity index (χ3n) is 3.58. The van der Waals surface area contributed by atoms with Gasteiger partial charge in [-0.3, -0.25) is 0 Å². The van der Waals surface area contributed by atoms with Gasteiger partial charge < -0.3 is 14.3 Å². The molecule has 0 aliphatic carbocycles. The largest absolute Gasteiger partial charge is 0.480 e. The van der Waals surface area contributed by atoms with E-state index in [2.05, 4.69) is 25.3 Å². The molecule has 1 atom stereocenters. The Morgan fingerprint density at radius 3 is 2.52 bits per heavy atom. The monoisotopic (exact) mass is 298 g/mol. The lowest BCUT2D eigenvalue weighted by Gasteiger charge is -2.09. The van der Waals surface area contributed by atoms with Crippen LogP contribution in [0.3, 0.4) is 0 Å². The van der Waals surface area contributed by atoms with Crippen LogP contribution in [0.5, 0.6) is 5.75 Å². The van der Waals surface area contributed by atoms with Crippen molar-refractivity contribution < 1.29 is 9.73 Å². The zero-order chi connectivity index (χ0) is 14.8. The molecule has 0 fully saturated rings. The number of oxime groups is 1. The Hall–Kier alpha value is -2.32. The summed E-state index contributed by atoms with van der Waals surface area (Å²) < 4.78 is 7.26. The van der Waals surface area contributed by atoms with Gasteiger partial charge in [0.1, 0.15) is 5.75 Å². The first-order valence-electron chi connectivity index (χ1n) is 6.51. The van der Waals surface area contributed by atoms with Crippen molar-refractivity contribution in [1.82, 2.24) is 4.57 Å². The summed E-state index contributed by atoms with van der Waals surface area (Å²) in [7, 11) is 2.24. The lowest BCUT2D eigenvalue weighted by atomic mass is 10.1. The highest BCUT2D eigenvalue weighted by atomic mass is 31.0. The Morgan fingerprint density at radius 1 is 1.14 bits per heavy atom. The van der Waals surface area contributed by atoms with Crippen molar-refractivity contribution in [1.29, 1.82) is 0 Å². The van der Waals surface area contributed by atoms with Gasteiger partial charge in [0.25, 0.3) is 0 Å². The first kappa shape index (κ1) is 13.7. The van der Waals surface area contributed by atoms with E-state index in [0.29, 0.717) is 0 Å². The van der Waals surface area contributed by atoms with Crippen molar-refractivity contribution in [2.24, 2.45) is 5.16 Å². The van der Waals surface area contributed by atoms with Crippen molar-refractivity contribution in [2.75, 3.05) is 0 Å². The summed E-state index contributed by atoms with van der Waals surface area (Å²) in [6, 6.07) is 15.9. The summed E-state index contributed by atoms with van der Waals surface area (Å²) in [4.78, 5) is 0. The molecule has 1 unspecified atom stereocenters. The topological polar surface area (TPSA) is 46.8 Å². The Labute approximate surface area is 124 Å². The summed E-state index contributed by atoms with van der Waals surface area (Å²) in [5, 5.41) is 13.1. The molecule has 0 aliphatic heterocycles. The second-order valence-corrected chi connectivity index (χ2v) is 4.94. The molecule has 106 valence electrons. The second kappa shape index (κ2) is 5.58. The van der Waals surface area contributed by atoms with Crippen LogP contribution >= 0.6 is 9.47 Å². The molecular weight excluding hydrogens is 283 g/mol. The minimum absolute atomic E-state index is 0.787. The van der Waals surface area contributed by atoms with Crippen LogP contribution in [0.15, 0.2) is 53.7 Å². The maximum absolute atomic E-state index is 8.89. The van der Waals surface area contributed by atoms with Crippen LogP contribution in [0.4, 0.5) is 0 Å². The van der Waals surface area contributed by atoms with Crippen LogP contribution < -0.4 is 4.52 Å². The first-order chi connectivity index (χ1) is 10.3. The molecule has 0 saturated heterocycles. The first-order valence-corrected chi connectivity index (χ1v) is 6.98. The maximum Gasteiger partial charge on any atom is 0.122 e. The number of fused-ring (bicyclic) bond motifs is 1. The van der Waals surface area contributed by atoms with Gasteiger partial charge in [-0.25, -0.2) is 0 Å². The molecule has 2 aromatic carbocycles. The van der Waals surface area contributed by atoms with Crippen LogP contribution in [0, 0.1) is 6.92 Å². The molecule has 1 N–H and O–H groups in total. The van der Waals surface area contributed by atoms with Gasteiger partial charge >= 0.3 is 0 Å². The summed E-state index contributed by atoms with van der Waals surface area (Å²) >= 11 is 0. The van der Waals surface area contributed by atoms with Crippen LogP contribution in [-0.4, -0.2) is 16.0 Å². The molecule has 1 aromatic heterocycles. The molecule has 0 aliphatic rings. The van der Waals surface area contributed by atoms with Crippen molar-refractivity contribution in [3.8, 4) is 11.4 Å². The molecule has 5 heteroatoms. The fourth-order valence-corrected chi connectivity index (χ4v) is 2.78. The zero-order valence-electron chi connectivity index (χ0n) is 11.5. The van der Waals surface area contributed by atoms with E-state index >= 15 is 0 Å². The summed E-state index contributed by atoms with van der Waals surface area (Å²) in [5.41, 5.74) is 4.05. The number of nitrogens with zero attached hydrogens (tertiary/aromatic N) is 2. The van der Waals surface area contributed by atoms with Gasteiger partial charge in [0.2, 0.25) is 0 Å². The normalized spacial score (nSPS) is 11.3. The van der Waals surface area contributed by atoms with E-state index < -0.39 is 0 Å². The quantitative estimate of drug-likeness (QED) is 0.345. The van der Waals surface area contributed by atoms with E-state index in [9.17, 15) is 0 Å². The molecule has 0 saturated carbocycles. The van der Waals surface area contributed by atoms with E-state index in [1.54, 1.807) is 0 Å². The SMILES string of the molecule is Cc1c(/C=N/O)c2ccccc2n1-c1ccc(OP)cc1. The predicted octanol–water partition coefficient (Wildman–Crippen LogP) is 3.92. The summed E-state index contributed by atoms with van der Waals surface area (Å²) in [6.45, 7) is 2.01. The van der Waals surface area contributed by atoms with Gasteiger partial charge in [0.05, 0.1) is 21.2 Å². The van der Waals surface area contributed by atoms with Gasteiger partial charge in [0.15, 0.2) is 0 Å². The third-order valence-corrected chi connectivity index (χ3v) is 3.85. The Balaban J connectivity index is 2.28. The molecular formula is C16H15N2O2P. The van der Waals surface area contributed by atoms with Crippen molar-refractivity contribution in [2.45, 2.75) is 6.92 Å². The summed E-state index contributed by atoms with van der Waals surface area (Å²) in [5.74, 6) is 0.787. The number of benzene rings is 2. The molecule has 0 bridgehead atoms. The van der Waals surface area contributed by atoms with E-state index in [4.69, 9.17) is 9.73 Å². The molecule has 0 radical (unpaired) electrons. The number of hydrogen-bond donors (Lipinski definition) is 1. The minimum atomic E-state index is 0.787. The summed E-state index contributed by atoms with van der Waals surface area (Å²) in [6.07, 6.45) is 1.48. The Kier molecular flexibility index (Phi) is 3.63. The van der Waals surface area contributed by atoms with E-state index in [0.717, 1.165) is 33.6 Å². The maximum atomic E-state index is 8.89. The third kappa shape index (κ3) is 2.28. The van der Waals surface area contributed by atoms with Gasteiger partial charge in [0, 0.05) is 22.3 Å². The van der Waals surface area contributed by atoms with Gasteiger partial charge in [-0.2, -0.15) is 0 Å². The number of aromatic nitrogens is 1. The standard InChI is InChI=1S/C16H15N2O2P/c1-11-15(10-17-19)14-4-2-3-5-16(14)18(11)12-6-8-13(20-21)9-7-12/h2-10,19H,21H2,1H3/b17-10+. The van der Waals surface area contributed by atoms with Gasteiger partial charge in [-0.1, -0.05) is 23.4 Å². The highest BCUT2D eigenvalue weighted by Gasteiger charge is 2.13. The highest BCUT2D eigenvalue weighted by Crippen LogP contribution is 2.29. The van der Waals surface area contributed by atoms with E-state index in [1.807, 2.05) is 49.4 Å². The number of rotatable bonds is 3.